The molecule has 1 rings (SSSR count). The van der Waals surface area contributed by atoms with E-state index in [9.17, 15) is 9.59 Å². The SMILES string of the molecule is CCC(CC(=O)c1ccc(Cl)cc1)NC(=O)OC(C)(C)C. The Balaban J connectivity index is 2.59. The van der Waals surface area contributed by atoms with Crippen molar-refractivity contribution in [2.24, 2.45) is 0 Å². The molecule has 0 aliphatic carbocycles. The molecule has 0 bridgehead atoms. The lowest BCUT2D eigenvalue weighted by molar-refractivity contribution is 0.0500. The van der Waals surface area contributed by atoms with Crippen molar-refractivity contribution in [3.05, 3.63) is 34.9 Å². The van der Waals surface area contributed by atoms with Crippen LogP contribution in [0.1, 0.15) is 50.9 Å². The van der Waals surface area contributed by atoms with Crippen LogP contribution in [-0.2, 0) is 4.74 Å². The predicted molar refractivity (Wildman–Crippen MR) is 83.8 cm³/mol. The Labute approximate surface area is 130 Å². The second kappa shape index (κ2) is 7.46. The third kappa shape index (κ3) is 6.63. The zero-order valence-electron chi connectivity index (χ0n) is 12.9. The van der Waals surface area contributed by atoms with Crippen LogP contribution < -0.4 is 5.32 Å². The van der Waals surface area contributed by atoms with Crippen molar-refractivity contribution in [2.75, 3.05) is 0 Å². The van der Waals surface area contributed by atoms with E-state index in [1.54, 1.807) is 45.0 Å². The molecule has 21 heavy (non-hydrogen) atoms. The molecule has 116 valence electrons. The van der Waals surface area contributed by atoms with E-state index in [-0.39, 0.29) is 18.2 Å². The van der Waals surface area contributed by atoms with Crippen LogP contribution in [0, 0.1) is 0 Å². The van der Waals surface area contributed by atoms with Gasteiger partial charge in [0.1, 0.15) is 5.60 Å². The fourth-order valence-corrected chi connectivity index (χ4v) is 1.88. The Hall–Kier alpha value is -1.55. The number of rotatable bonds is 5. The summed E-state index contributed by atoms with van der Waals surface area (Å²) >= 11 is 5.79. The number of Topliss-reactive ketones (excluding diaryl/α,β-unsaturated/α-hetero) is 1. The predicted octanol–water partition coefficient (Wildman–Crippen LogP) is 4.22. The number of hydrogen-bond acceptors (Lipinski definition) is 3. The van der Waals surface area contributed by atoms with Gasteiger partial charge in [-0.3, -0.25) is 4.79 Å². The van der Waals surface area contributed by atoms with E-state index >= 15 is 0 Å². The highest BCUT2D eigenvalue weighted by Gasteiger charge is 2.20. The van der Waals surface area contributed by atoms with Crippen molar-refractivity contribution in [1.82, 2.24) is 5.32 Å². The van der Waals surface area contributed by atoms with Gasteiger partial charge in [0.15, 0.2) is 5.78 Å². The number of alkyl carbamates (subject to hydrolysis) is 1. The Kier molecular flexibility index (Phi) is 6.21. The maximum absolute atomic E-state index is 12.2. The Morgan fingerprint density at radius 2 is 1.81 bits per heavy atom. The molecule has 1 aromatic carbocycles. The molecule has 0 aliphatic rings. The number of hydrogen-bond donors (Lipinski definition) is 1. The van der Waals surface area contributed by atoms with Crippen molar-refractivity contribution < 1.29 is 14.3 Å². The first-order valence-corrected chi connectivity index (χ1v) is 7.37. The summed E-state index contributed by atoms with van der Waals surface area (Å²) in [6, 6.07) is 6.48. The van der Waals surface area contributed by atoms with E-state index < -0.39 is 11.7 Å². The first kappa shape index (κ1) is 17.5. The van der Waals surface area contributed by atoms with Gasteiger partial charge in [0.2, 0.25) is 0 Å². The summed E-state index contributed by atoms with van der Waals surface area (Å²) in [6.07, 6.45) is 0.383. The van der Waals surface area contributed by atoms with Crippen molar-refractivity contribution in [1.29, 1.82) is 0 Å². The summed E-state index contributed by atoms with van der Waals surface area (Å²) in [5.74, 6) is -0.0328. The maximum Gasteiger partial charge on any atom is 0.407 e. The first-order valence-electron chi connectivity index (χ1n) is 6.99. The minimum absolute atomic E-state index is 0.0328. The van der Waals surface area contributed by atoms with Gasteiger partial charge in [-0.2, -0.15) is 0 Å². The number of nitrogens with one attached hydrogen (secondary N) is 1. The van der Waals surface area contributed by atoms with Crippen LogP contribution in [0.2, 0.25) is 5.02 Å². The lowest BCUT2D eigenvalue weighted by atomic mass is 10.0. The highest BCUT2D eigenvalue weighted by atomic mass is 35.5. The molecule has 1 unspecified atom stereocenters. The summed E-state index contributed by atoms with van der Waals surface area (Å²) in [6.45, 7) is 7.31. The van der Waals surface area contributed by atoms with Crippen molar-refractivity contribution >= 4 is 23.5 Å². The van der Waals surface area contributed by atoms with Gasteiger partial charge < -0.3 is 10.1 Å². The van der Waals surface area contributed by atoms with Gasteiger partial charge in [0, 0.05) is 23.0 Å². The van der Waals surface area contributed by atoms with E-state index in [0.29, 0.717) is 17.0 Å². The van der Waals surface area contributed by atoms with E-state index in [1.807, 2.05) is 6.92 Å². The fourth-order valence-electron chi connectivity index (χ4n) is 1.75. The number of halogens is 1. The molecule has 1 atom stereocenters. The molecule has 0 spiro atoms. The number of carbonyl (C=O) groups excluding carboxylic acids is 2. The van der Waals surface area contributed by atoms with Gasteiger partial charge in [0.05, 0.1) is 0 Å². The van der Waals surface area contributed by atoms with Gasteiger partial charge >= 0.3 is 6.09 Å². The molecule has 0 aromatic heterocycles. The number of benzene rings is 1. The summed E-state index contributed by atoms with van der Waals surface area (Å²) < 4.78 is 5.19. The standard InChI is InChI=1S/C16H22ClNO3/c1-5-13(18-15(20)21-16(2,3)4)10-14(19)11-6-8-12(17)9-7-11/h6-9,13H,5,10H2,1-4H3,(H,18,20). The molecule has 0 fully saturated rings. The van der Waals surface area contributed by atoms with Gasteiger partial charge in [0.25, 0.3) is 0 Å². The normalized spacial score (nSPS) is 12.6. The van der Waals surface area contributed by atoms with Crippen LogP contribution in [0.5, 0.6) is 0 Å². The largest absolute Gasteiger partial charge is 0.444 e. The zero-order valence-corrected chi connectivity index (χ0v) is 13.7. The lowest BCUT2D eigenvalue weighted by Crippen LogP contribution is -2.39. The molecular formula is C16H22ClNO3. The summed E-state index contributed by atoms with van der Waals surface area (Å²) in [5.41, 5.74) is 0.0339. The van der Waals surface area contributed by atoms with Crippen LogP contribution >= 0.6 is 11.6 Å². The number of ketones is 1. The molecule has 5 heteroatoms. The van der Waals surface area contributed by atoms with E-state index in [2.05, 4.69) is 5.32 Å². The molecular weight excluding hydrogens is 290 g/mol. The third-order valence-electron chi connectivity index (χ3n) is 2.81. The molecule has 0 saturated heterocycles. The average molecular weight is 312 g/mol. The van der Waals surface area contributed by atoms with Crippen LogP contribution in [0.3, 0.4) is 0 Å². The van der Waals surface area contributed by atoms with Crippen LogP contribution in [0.15, 0.2) is 24.3 Å². The van der Waals surface area contributed by atoms with Gasteiger partial charge in [-0.25, -0.2) is 4.79 Å². The molecule has 1 amide bonds. The minimum atomic E-state index is -0.553. The number of carbonyl (C=O) groups is 2. The summed E-state index contributed by atoms with van der Waals surface area (Å²) in [5, 5.41) is 3.32. The maximum atomic E-state index is 12.2. The molecule has 1 N–H and O–H groups in total. The minimum Gasteiger partial charge on any atom is -0.444 e. The smallest absolute Gasteiger partial charge is 0.407 e. The van der Waals surface area contributed by atoms with Crippen molar-refractivity contribution in [3.63, 3.8) is 0 Å². The van der Waals surface area contributed by atoms with E-state index in [4.69, 9.17) is 16.3 Å². The van der Waals surface area contributed by atoms with Crippen LogP contribution in [-0.4, -0.2) is 23.5 Å². The Bertz CT molecular complexity index is 491. The Morgan fingerprint density at radius 1 is 1.24 bits per heavy atom. The highest BCUT2D eigenvalue weighted by molar-refractivity contribution is 6.30. The molecule has 0 saturated carbocycles. The fraction of sp³-hybridized carbons (Fsp3) is 0.500. The first-order chi connectivity index (χ1) is 9.71. The summed E-state index contributed by atoms with van der Waals surface area (Å²) in [4.78, 5) is 23.9. The zero-order chi connectivity index (χ0) is 16.0. The molecule has 4 nitrogen and oxygen atoms in total. The summed E-state index contributed by atoms with van der Waals surface area (Å²) in [7, 11) is 0. The van der Waals surface area contributed by atoms with E-state index in [0.717, 1.165) is 0 Å². The van der Waals surface area contributed by atoms with Gasteiger partial charge in [-0.1, -0.05) is 18.5 Å². The van der Waals surface area contributed by atoms with Crippen molar-refractivity contribution in [2.45, 2.75) is 52.2 Å². The molecule has 0 radical (unpaired) electrons. The molecule has 1 aromatic rings. The highest BCUT2D eigenvalue weighted by Crippen LogP contribution is 2.13. The molecule has 0 heterocycles. The topological polar surface area (TPSA) is 55.4 Å². The molecule has 0 aliphatic heterocycles. The second-order valence-corrected chi connectivity index (χ2v) is 6.32. The lowest BCUT2D eigenvalue weighted by Gasteiger charge is -2.22. The van der Waals surface area contributed by atoms with Crippen molar-refractivity contribution in [3.8, 4) is 0 Å². The van der Waals surface area contributed by atoms with Gasteiger partial charge in [-0.05, 0) is 51.5 Å². The van der Waals surface area contributed by atoms with Gasteiger partial charge in [-0.15, -0.1) is 0 Å². The van der Waals surface area contributed by atoms with E-state index in [1.165, 1.54) is 0 Å². The quantitative estimate of drug-likeness (QED) is 0.828. The second-order valence-electron chi connectivity index (χ2n) is 5.89. The van der Waals surface area contributed by atoms with Crippen LogP contribution in [0.25, 0.3) is 0 Å². The monoisotopic (exact) mass is 311 g/mol. The number of ether oxygens (including phenoxy) is 1. The third-order valence-corrected chi connectivity index (χ3v) is 3.06. The Morgan fingerprint density at radius 3 is 2.29 bits per heavy atom. The van der Waals surface area contributed by atoms with Crippen LogP contribution in [0.4, 0.5) is 4.79 Å². The average Bonchev–Trinajstić information content (AvgIpc) is 2.36. The number of amides is 1.